The van der Waals surface area contributed by atoms with Crippen LogP contribution in [-0.4, -0.2) is 28.8 Å². The van der Waals surface area contributed by atoms with E-state index in [1.807, 2.05) is 25.1 Å². The molecule has 2 N–H and O–H groups in total. The van der Waals surface area contributed by atoms with Gasteiger partial charge in [-0.25, -0.2) is 9.36 Å². The van der Waals surface area contributed by atoms with Gasteiger partial charge < -0.3 is 10.0 Å². The summed E-state index contributed by atoms with van der Waals surface area (Å²) < 4.78 is 1.10. The monoisotopic (exact) mass is 275 g/mol. The fourth-order valence-electron chi connectivity index (χ4n) is 2.03. The van der Waals surface area contributed by atoms with Crippen LogP contribution in [0.1, 0.15) is 12.5 Å². The van der Waals surface area contributed by atoms with E-state index in [9.17, 15) is 14.7 Å². The first kappa shape index (κ1) is 13.9. The first-order valence-electron chi connectivity index (χ1n) is 6.30. The number of aromatic hydroxyl groups is 1. The van der Waals surface area contributed by atoms with E-state index in [0.29, 0.717) is 12.1 Å². The summed E-state index contributed by atoms with van der Waals surface area (Å²) in [5.41, 5.74) is 0.387. The van der Waals surface area contributed by atoms with Crippen LogP contribution in [0, 0.1) is 0 Å². The Labute approximate surface area is 115 Å². The molecule has 0 atom stereocenters. The van der Waals surface area contributed by atoms with Crippen molar-refractivity contribution in [3.05, 3.63) is 50.7 Å². The largest absolute Gasteiger partial charge is 0.494 e. The predicted octanol–water partition coefficient (Wildman–Crippen LogP) is 0.860. The van der Waals surface area contributed by atoms with Gasteiger partial charge in [-0.15, -0.1) is 0 Å². The Morgan fingerprint density at radius 2 is 2.00 bits per heavy atom. The average Bonchev–Trinajstić information content (AvgIpc) is 2.39. The van der Waals surface area contributed by atoms with Crippen molar-refractivity contribution in [3.63, 3.8) is 0 Å². The smallest absolute Gasteiger partial charge is 0.335 e. The quantitative estimate of drug-likeness (QED) is 0.871. The van der Waals surface area contributed by atoms with Crippen LogP contribution in [0.15, 0.2) is 33.9 Å². The summed E-state index contributed by atoms with van der Waals surface area (Å²) in [5, 5.41) is 10.2. The van der Waals surface area contributed by atoms with Gasteiger partial charge >= 0.3 is 5.69 Å². The van der Waals surface area contributed by atoms with Crippen LogP contribution in [0.4, 0.5) is 5.69 Å². The third-order valence-electron chi connectivity index (χ3n) is 3.14. The first-order chi connectivity index (χ1) is 9.45. The van der Waals surface area contributed by atoms with Crippen LogP contribution in [0.25, 0.3) is 5.69 Å². The second kappa shape index (κ2) is 5.24. The molecule has 1 heterocycles. The molecule has 0 unspecified atom stereocenters. The molecule has 0 amide bonds. The number of rotatable bonds is 3. The molecule has 0 spiro atoms. The number of H-pyrrole nitrogens is 1. The lowest BCUT2D eigenvalue weighted by molar-refractivity contribution is 0.423. The van der Waals surface area contributed by atoms with Crippen LogP contribution in [0.2, 0.25) is 0 Å². The Morgan fingerprint density at radius 1 is 1.30 bits per heavy atom. The SMILES string of the molecule is CCc1c(O)n(-c2cccc(N(C)C)c2)c(=O)[nH]c1=O. The molecule has 6 nitrogen and oxygen atoms in total. The molecule has 0 bridgehead atoms. The minimum absolute atomic E-state index is 0.194. The fraction of sp³-hybridized carbons (Fsp3) is 0.286. The third kappa shape index (κ3) is 2.32. The van der Waals surface area contributed by atoms with E-state index in [1.165, 1.54) is 0 Å². The van der Waals surface area contributed by atoms with Gasteiger partial charge in [0.05, 0.1) is 11.3 Å². The van der Waals surface area contributed by atoms with Crippen LogP contribution in [-0.2, 0) is 6.42 Å². The Balaban J connectivity index is 2.73. The van der Waals surface area contributed by atoms with E-state index in [2.05, 4.69) is 4.98 Å². The molecule has 0 aliphatic heterocycles. The Hall–Kier alpha value is -2.50. The van der Waals surface area contributed by atoms with Gasteiger partial charge in [0.15, 0.2) is 0 Å². The van der Waals surface area contributed by atoms with Crippen molar-refractivity contribution in [2.24, 2.45) is 0 Å². The summed E-state index contributed by atoms with van der Waals surface area (Å²) in [6, 6.07) is 7.13. The summed E-state index contributed by atoms with van der Waals surface area (Å²) in [6.45, 7) is 1.75. The molecule has 0 radical (unpaired) electrons. The number of benzene rings is 1. The van der Waals surface area contributed by atoms with Crippen molar-refractivity contribution in [2.75, 3.05) is 19.0 Å². The average molecular weight is 275 g/mol. The molecule has 0 aliphatic rings. The number of anilines is 1. The Kier molecular flexibility index (Phi) is 3.65. The third-order valence-corrected chi connectivity index (χ3v) is 3.14. The van der Waals surface area contributed by atoms with E-state index < -0.39 is 11.2 Å². The van der Waals surface area contributed by atoms with Gasteiger partial charge in [-0.05, 0) is 24.6 Å². The standard InChI is InChI=1S/C14H17N3O3/c1-4-11-12(18)15-14(20)17(13(11)19)10-7-5-6-9(8-10)16(2)3/h5-8,19H,4H2,1-3H3,(H,15,18,20). The number of aromatic nitrogens is 2. The maximum atomic E-state index is 11.9. The Bertz CT molecular complexity index is 744. The van der Waals surface area contributed by atoms with E-state index in [0.717, 1.165) is 10.3 Å². The highest BCUT2D eigenvalue weighted by Gasteiger charge is 2.14. The topological polar surface area (TPSA) is 78.3 Å². The molecule has 1 aromatic heterocycles. The van der Waals surface area contributed by atoms with Gasteiger partial charge in [0.25, 0.3) is 5.56 Å². The van der Waals surface area contributed by atoms with Gasteiger partial charge in [-0.2, -0.15) is 0 Å². The highest BCUT2D eigenvalue weighted by atomic mass is 16.3. The van der Waals surface area contributed by atoms with Gasteiger partial charge in [-0.1, -0.05) is 13.0 Å². The molecule has 20 heavy (non-hydrogen) atoms. The van der Waals surface area contributed by atoms with Gasteiger partial charge in [0.2, 0.25) is 5.88 Å². The number of hydrogen-bond acceptors (Lipinski definition) is 4. The lowest BCUT2D eigenvalue weighted by Crippen LogP contribution is -2.31. The normalized spacial score (nSPS) is 10.6. The van der Waals surface area contributed by atoms with Crippen molar-refractivity contribution in [3.8, 4) is 11.6 Å². The molecule has 2 rings (SSSR count). The molecular formula is C14H17N3O3. The minimum Gasteiger partial charge on any atom is -0.494 e. The maximum Gasteiger partial charge on any atom is 0.335 e. The fourth-order valence-corrected chi connectivity index (χ4v) is 2.03. The number of nitrogens with one attached hydrogen (secondary N) is 1. The maximum absolute atomic E-state index is 11.9. The van der Waals surface area contributed by atoms with E-state index >= 15 is 0 Å². The van der Waals surface area contributed by atoms with E-state index in [4.69, 9.17) is 0 Å². The summed E-state index contributed by atoms with van der Waals surface area (Å²) in [7, 11) is 3.76. The van der Waals surface area contributed by atoms with Crippen LogP contribution in [0.3, 0.4) is 0 Å². The van der Waals surface area contributed by atoms with Crippen molar-refractivity contribution in [2.45, 2.75) is 13.3 Å². The van der Waals surface area contributed by atoms with Crippen LogP contribution < -0.4 is 16.1 Å². The Morgan fingerprint density at radius 3 is 2.60 bits per heavy atom. The van der Waals surface area contributed by atoms with Crippen molar-refractivity contribution in [1.82, 2.24) is 9.55 Å². The molecule has 0 aliphatic carbocycles. The number of nitrogens with zero attached hydrogens (tertiary/aromatic N) is 2. The van der Waals surface area contributed by atoms with Crippen molar-refractivity contribution < 1.29 is 5.11 Å². The van der Waals surface area contributed by atoms with E-state index in [1.54, 1.807) is 25.1 Å². The lowest BCUT2D eigenvalue weighted by atomic mass is 10.2. The number of hydrogen-bond donors (Lipinski definition) is 2. The number of aromatic amines is 1. The van der Waals surface area contributed by atoms with Crippen molar-refractivity contribution in [1.29, 1.82) is 0 Å². The zero-order valence-corrected chi connectivity index (χ0v) is 11.7. The molecule has 6 heteroatoms. The molecular weight excluding hydrogens is 258 g/mol. The summed E-state index contributed by atoms with van der Waals surface area (Å²) >= 11 is 0. The second-order valence-corrected chi connectivity index (χ2v) is 4.66. The van der Waals surface area contributed by atoms with Crippen molar-refractivity contribution >= 4 is 5.69 Å². The highest BCUT2D eigenvalue weighted by molar-refractivity contribution is 5.53. The molecule has 0 fully saturated rings. The zero-order valence-electron chi connectivity index (χ0n) is 11.7. The van der Waals surface area contributed by atoms with Gasteiger partial charge in [-0.3, -0.25) is 9.78 Å². The summed E-state index contributed by atoms with van der Waals surface area (Å²) in [6.07, 6.45) is 0.342. The molecule has 106 valence electrons. The van der Waals surface area contributed by atoms with Crippen LogP contribution >= 0.6 is 0 Å². The summed E-state index contributed by atoms with van der Waals surface area (Å²) in [5.74, 6) is -0.308. The zero-order chi connectivity index (χ0) is 14.9. The lowest BCUT2D eigenvalue weighted by Gasteiger charge is -2.15. The molecule has 1 aromatic carbocycles. The van der Waals surface area contributed by atoms with E-state index in [-0.39, 0.29) is 11.4 Å². The van der Waals surface area contributed by atoms with Crippen LogP contribution in [0.5, 0.6) is 5.88 Å². The second-order valence-electron chi connectivity index (χ2n) is 4.66. The molecule has 0 saturated heterocycles. The van der Waals surface area contributed by atoms with Gasteiger partial charge in [0, 0.05) is 19.8 Å². The minimum atomic E-state index is -0.652. The summed E-state index contributed by atoms with van der Waals surface area (Å²) in [4.78, 5) is 27.7. The molecule has 2 aromatic rings. The van der Waals surface area contributed by atoms with Gasteiger partial charge in [0.1, 0.15) is 0 Å². The predicted molar refractivity (Wildman–Crippen MR) is 78.0 cm³/mol. The highest BCUT2D eigenvalue weighted by Crippen LogP contribution is 2.20. The molecule has 0 saturated carbocycles. The first-order valence-corrected chi connectivity index (χ1v) is 6.30.